The SMILES string of the molecule is O=C(CCc1ncc(-c2ccc(Cl)cc2)o1)N1CCCc2ccccc21. The standard InChI is InChI=1S/C21H19ClN2O2/c22-17-9-7-16(8-10-17)19-14-23-20(26-19)11-12-21(25)24-13-3-5-15-4-1-2-6-18(15)24/h1-2,4,6-10,14H,3,5,11-13H2. The van der Waals surface area contributed by atoms with Gasteiger partial charge in [-0.3, -0.25) is 4.79 Å². The van der Waals surface area contributed by atoms with Crippen LogP contribution in [0.25, 0.3) is 11.3 Å². The lowest BCUT2D eigenvalue weighted by molar-refractivity contribution is -0.118. The van der Waals surface area contributed by atoms with Gasteiger partial charge in [-0.15, -0.1) is 0 Å². The van der Waals surface area contributed by atoms with Crippen LogP contribution in [0.3, 0.4) is 0 Å². The predicted molar refractivity (Wildman–Crippen MR) is 102 cm³/mol. The van der Waals surface area contributed by atoms with Crippen molar-refractivity contribution in [3.05, 3.63) is 71.2 Å². The van der Waals surface area contributed by atoms with Gasteiger partial charge in [-0.2, -0.15) is 0 Å². The lowest BCUT2D eigenvalue weighted by Gasteiger charge is -2.29. The molecular weight excluding hydrogens is 348 g/mol. The highest BCUT2D eigenvalue weighted by atomic mass is 35.5. The van der Waals surface area contributed by atoms with Crippen LogP contribution < -0.4 is 4.90 Å². The number of halogens is 1. The summed E-state index contributed by atoms with van der Waals surface area (Å²) in [6, 6.07) is 15.5. The number of para-hydroxylation sites is 1. The first-order valence-corrected chi connectivity index (χ1v) is 9.17. The van der Waals surface area contributed by atoms with E-state index in [9.17, 15) is 4.79 Å². The van der Waals surface area contributed by atoms with Crippen molar-refractivity contribution >= 4 is 23.2 Å². The van der Waals surface area contributed by atoms with Gasteiger partial charge in [0.05, 0.1) is 6.20 Å². The molecule has 0 spiro atoms. The molecule has 132 valence electrons. The molecule has 0 fully saturated rings. The number of amides is 1. The molecular formula is C21H19ClN2O2. The number of fused-ring (bicyclic) bond motifs is 1. The number of carbonyl (C=O) groups excluding carboxylic acids is 1. The number of aryl methyl sites for hydroxylation is 2. The summed E-state index contributed by atoms with van der Waals surface area (Å²) in [5, 5.41) is 0.681. The van der Waals surface area contributed by atoms with E-state index in [1.165, 1.54) is 5.56 Å². The van der Waals surface area contributed by atoms with Crippen LogP contribution in [0, 0.1) is 0 Å². The molecule has 3 aromatic rings. The van der Waals surface area contributed by atoms with Gasteiger partial charge in [0.15, 0.2) is 11.7 Å². The average molecular weight is 367 g/mol. The van der Waals surface area contributed by atoms with E-state index < -0.39 is 0 Å². The zero-order valence-electron chi connectivity index (χ0n) is 14.3. The van der Waals surface area contributed by atoms with Crippen molar-refractivity contribution in [1.29, 1.82) is 0 Å². The molecule has 1 amide bonds. The lowest BCUT2D eigenvalue weighted by atomic mass is 10.0. The van der Waals surface area contributed by atoms with E-state index in [0.29, 0.717) is 29.5 Å². The summed E-state index contributed by atoms with van der Waals surface area (Å²) in [6.07, 6.45) is 4.60. The van der Waals surface area contributed by atoms with Crippen LogP contribution in [-0.2, 0) is 17.6 Å². The quantitative estimate of drug-likeness (QED) is 0.659. The maximum absolute atomic E-state index is 12.7. The Hall–Kier alpha value is -2.59. The number of hydrogen-bond acceptors (Lipinski definition) is 3. The van der Waals surface area contributed by atoms with Gasteiger partial charge >= 0.3 is 0 Å². The molecule has 0 atom stereocenters. The molecule has 1 aliphatic rings. The van der Waals surface area contributed by atoms with Crippen LogP contribution in [0.1, 0.15) is 24.3 Å². The first-order chi connectivity index (χ1) is 12.7. The Morgan fingerprint density at radius 1 is 1.15 bits per heavy atom. The molecule has 0 aliphatic carbocycles. The van der Waals surface area contributed by atoms with Gasteiger partial charge in [0.1, 0.15) is 0 Å². The summed E-state index contributed by atoms with van der Waals surface area (Å²) >= 11 is 5.91. The van der Waals surface area contributed by atoms with Crippen LogP contribution in [0.5, 0.6) is 0 Å². The minimum atomic E-state index is 0.114. The second kappa shape index (κ2) is 7.34. The molecule has 0 bridgehead atoms. The third-order valence-corrected chi connectivity index (χ3v) is 4.90. The number of anilines is 1. The third kappa shape index (κ3) is 3.51. The van der Waals surface area contributed by atoms with E-state index in [2.05, 4.69) is 11.1 Å². The number of hydrogen-bond donors (Lipinski definition) is 0. The monoisotopic (exact) mass is 366 g/mol. The smallest absolute Gasteiger partial charge is 0.227 e. The third-order valence-electron chi connectivity index (χ3n) is 4.65. The molecule has 1 aliphatic heterocycles. The van der Waals surface area contributed by atoms with Crippen molar-refractivity contribution in [2.75, 3.05) is 11.4 Å². The second-order valence-corrected chi connectivity index (χ2v) is 6.84. The van der Waals surface area contributed by atoms with Crippen LogP contribution in [-0.4, -0.2) is 17.4 Å². The highest BCUT2D eigenvalue weighted by molar-refractivity contribution is 6.30. The van der Waals surface area contributed by atoms with E-state index in [1.807, 2.05) is 47.4 Å². The van der Waals surface area contributed by atoms with Gasteiger partial charge in [0.25, 0.3) is 0 Å². The van der Waals surface area contributed by atoms with Crippen molar-refractivity contribution in [2.24, 2.45) is 0 Å². The van der Waals surface area contributed by atoms with E-state index in [1.54, 1.807) is 6.20 Å². The molecule has 0 radical (unpaired) electrons. The van der Waals surface area contributed by atoms with Crippen LogP contribution in [0.15, 0.2) is 59.1 Å². The van der Waals surface area contributed by atoms with Crippen LogP contribution >= 0.6 is 11.6 Å². The highest BCUT2D eigenvalue weighted by Crippen LogP contribution is 2.28. The molecule has 2 heterocycles. The molecule has 1 aromatic heterocycles. The number of nitrogens with zero attached hydrogens (tertiary/aromatic N) is 2. The van der Waals surface area contributed by atoms with E-state index in [4.69, 9.17) is 16.0 Å². The number of benzene rings is 2. The fourth-order valence-electron chi connectivity index (χ4n) is 3.31. The van der Waals surface area contributed by atoms with Crippen molar-refractivity contribution < 1.29 is 9.21 Å². The molecule has 4 nitrogen and oxygen atoms in total. The Morgan fingerprint density at radius 2 is 1.96 bits per heavy atom. The van der Waals surface area contributed by atoms with Gasteiger partial charge in [-0.1, -0.05) is 29.8 Å². The molecule has 26 heavy (non-hydrogen) atoms. The predicted octanol–water partition coefficient (Wildman–Crippen LogP) is 4.91. The lowest BCUT2D eigenvalue weighted by Crippen LogP contribution is -2.35. The summed E-state index contributed by atoms with van der Waals surface area (Å²) in [5.74, 6) is 1.38. The Labute approximate surface area is 157 Å². The Bertz CT molecular complexity index is 918. The minimum Gasteiger partial charge on any atom is -0.441 e. The molecule has 0 saturated heterocycles. The molecule has 0 saturated carbocycles. The number of aromatic nitrogens is 1. The van der Waals surface area contributed by atoms with Gasteiger partial charge < -0.3 is 9.32 Å². The summed E-state index contributed by atoms with van der Waals surface area (Å²) in [4.78, 5) is 18.9. The average Bonchev–Trinajstić information content (AvgIpc) is 3.15. The molecule has 4 rings (SSSR count). The first kappa shape index (κ1) is 16.9. The van der Waals surface area contributed by atoms with Gasteiger partial charge in [0.2, 0.25) is 5.91 Å². The number of rotatable bonds is 4. The second-order valence-electron chi connectivity index (χ2n) is 6.40. The van der Waals surface area contributed by atoms with Crippen LogP contribution in [0.2, 0.25) is 5.02 Å². The molecule has 0 N–H and O–H groups in total. The normalized spacial score (nSPS) is 13.5. The minimum absolute atomic E-state index is 0.114. The van der Waals surface area contributed by atoms with Crippen molar-refractivity contribution in [2.45, 2.75) is 25.7 Å². The van der Waals surface area contributed by atoms with E-state index in [0.717, 1.165) is 30.6 Å². The maximum atomic E-state index is 12.7. The van der Waals surface area contributed by atoms with Gasteiger partial charge in [-0.05, 0) is 48.7 Å². The maximum Gasteiger partial charge on any atom is 0.227 e. The Balaban J connectivity index is 1.42. The molecule has 2 aromatic carbocycles. The summed E-state index contributed by atoms with van der Waals surface area (Å²) < 4.78 is 5.79. The Morgan fingerprint density at radius 3 is 2.81 bits per heavy atom. The van der Waals surface area contributed by atoms with Gasteiger partial charge in [-0.25, -0.2) is 4.98 Å². The van der Waals surface area contributed by atoms with Crippen molar-refractivity contribution in [3.8, 4) is 11.3 Å². The van der Waals surface area contributed by atoms with Gasteiger partial charge in [0, 0.05) is 35.7 Å². The molecule has 5 heteroatoms. The number of carbonyl (C=O) groups is 1. The summed E-state index contributed by atoms with van der Waals surface area (Å²) in [5.41, 5.74) is 3.20. The first-order valence-electron chi connectivity index (χ1n) is 8.79. The largest absolute Gasteiger partial charge is 0.441 e. The fraction of sp³-hybridized carbons (Fsp3) is 0.238. The summed E-state index contributed by atoms with van der Waals surface area (Å²) in [6.45, 7) is 0.775. The molecule has 0 unspecified atom stereocenters. The van der Waals surface area contributed by atoms with Crippen molar-refractivity contribution in [1.82, 2.24) is 4.98 Å². The van der Waals surface area contributed by atoms with E-state index >= 15 is 0 Å². The zero-order chi connectivity index (χ0) is 17.9. The van der Waals surface area contributed by atoms with Crippen LogP contribution in [0.4, 0.5) is 5.69 Å². The highest BCUT2D eigenvalue weighted by Gasteiger charge is 2.22. The summed E-state index contributed by atoms with van der Waals surface area (Å²) in [7, 11) is 0. The zero-order valence-corrected chi connectivity index (χ0v) is 15.1. The van der Waals surface area contributed by atoms with E-state index in [-0.39, 0.29) is 5.91 Å². The Kier molecular flexibility index (Phi) is 4.76. The number of oxazole rings is 1. The van der Waals surface area contributed by atoms with Crippen molar-refractivity contribution in [3.63, 3.8) is 0 Å². The fourth-order valence-corrected chi connectivity index (χ4v) is 3.44. The topological polar surface area (TPSA) is 46.3 Å².